The Morgan fingerprint density at radius 3 is 2.71 bits per heavy atom. The van der Waals surface area contributed by atoms with Gasteiger partial charge in [-0.05, 0) is 43.8 Å². The number of nitrogens with zero attached hydrogens (tertiary/aromatic N) is 1. The molecule has 2 amide bonds. The highest BCUT2D eigenvalue weighted by atomic mass is 35.5. The maximum Gasteiger partial charge on any atom is 0.243 e. The molecule has 1 heterocycles. The molecule has 1 aromatic carbocycles. The first kappa shape index (κ1) is 18.0. The van der Waals surface area contributed by atoms with Gasteiger partial charge in [0, 0.05) is 10.7 Å². The molecule has 0 bridgehead atoms. The molecular formula is C17H20ClN3O3. The van der Waals surface area contributed by atoms with Gasteiger partial charge < -0.3 is 15.1 Å². The Bertz CT molecular complexity index is 701. The smallest absolute Gasteiger partial charge is 0.243 e. The molecule has 6 nitrogen and oxygen atoms in total. The number of carbonyl (C=O) groups excluding carboxylic acids is 2. The first-order chi connectivity index (χ1) is 11.5. The third-order valence-corrected chi connectivity index (χ3v) is 3.82. The third-order valence-electron chi connectivity index (χ3n) is 3.41. The van der Waals surface area contributed by atoms with Gasteiger partial charge in [0.2, 0.25) is 11.8 Å². The number of furan rings is 1. The first-order valence-corrected chi connectivity index (χ1v) is 7.86. The van der Waals surface area contributed by atoms with Gasteiger partial charge in [-0.15, -0.1) is 0 Å². The van der Waals surface area contributed by atoms with Crippen LogP contribution in [0.2, 0.25) is 5.02 Å². The van der Waals surface area contributed by atoms with E-state index < -0.39 is 0 Å². The molecule has 0 atom stereocenters. The van der Waals surface area contributed by atoms with Crippen LogP contribution in [0, 0.1) is 6.92 Å². The van der Waals surface area contributed by atoms with Crippen LogP contribution in [0.4, 0.5) is 5.69 Å². The maximum absolute atomic E-state index is 11.9. The van der Waals surface area contributed by atoms with Crippen molar-refractivity contribution in [3.63, 3.8) is 0 Å². The minimum absolute atomic E-state index is 0.0978. The molecule has 0 aliphatic rings. The number of nitrogens with one attached hydrogen (secondary N) is 2. The van der Waals surface area contributed by atoms with E-state index in [1.807, 2.05) is 13.0 Å². The first-order valence-electron chi connectivity index (χ1n) is 7.48. The molecule has 2 aromatic rings. The van der Waals surface area contributed by atoms with E-state index >= 15 is 0 Å². The SMILES string of the molecule is Cc1c(Cl)cccc1NC(=O)CNC(=O)CN(C)Cc1ccco1. The van der Waals surface area contributed by atoms with E-state index in [-0.39, 0.29) is 24.9 Å². The van der Waals surface area contributed by atoms with E-state index in [0.29, 0.717) is 17.3 Å². The van der Waals surface area contributed by atoms with Crippen LogP contribution in [-0.2, 0) is 16.1 Å². The minimum Gasteiger partial charge on any atom is -0.468 e. The minimum atomic E-state index is -0.303. The van der Waals surface area contributed by atoms with Gasteiger partial charge in [0.1, 0.15) is 5.76 Å². The van der Waals surface area contributed by atoms with Gasteiger partial charge in [-0.1, -0.05) is 17.7 Å². The molecule has 1 aromatic heterocycles. The number of hydrogen-bond acceptors (Lipinski definition) is 4. The Hall–Kier alpha value is -2.31. The normalized spacial score (nSPS) is 10.7. The molecule has 0 saturated heterocycles. The summed E-state index contributed by atoms with van der Waals surface area (Å²) in [5, 5.41) is 5.90. The molecule has 7 heteroatoms. The van der Waals surface area contributed by atoms with Crippen molar-refractivity contribution >= 4 is 29.1 Å². The molecule has 0 fully saturated rings. The zero-order chi connectivity index (χ0) is 17.5. The molecule has 2 rings (SSSR count). The van der Waals surface area contributed by atoms with Crippen molar-refractivity contribution in [3.8, 4) is 0 Å². The molecule has 0 spiro atoms. The van der Waals surface area contributed by atoms with Crippen molar-refractivity contribution in [1.82, 2.24) is 10.2 Å². The zero-order valence-electron chi connectivity index (χ0n) is 13.6. The van der Waals surface area contributed by atoms with E-state index in [2.05, 4.69) is 10.6 Å². The van der Waals surface area contributed by atoms with E-state index in [9.17, 15) is 9.59 Å². The van der Waals surface area contributed by atoms with Gasteiger partial charge in [0.05, 0.1) is 25.9 Å². The van der Waals surface area contributed by atoms with Crippen LogP contribution < -0.4 is 10.6 Å². The van der Waals surface area contributed by atoms with Gasteiger partial charge in [0.25, 0.3) is 0 Å². The second kappa shape index (κ2) is 8.52. The Morgan fingerprint density at radius 2 is 2.00 bits per heavy atom. The molecular weight excluding hydrogens is 330 g/mol. The number of halogens is 1. The quantitative estimate of drug-likeness (QED) is 0.805. The van der Waals surface area contributed by atoms with Crippen molar-refractivity contribution in [2.24, 2.45) is 0 Å². The van der Waals surface area contributed by atoms with Crippen molar-refractivity contribution in [2.45, 2.75) is 13.5 Å². The summed E-state index contributed by atoms with van der Waals surface area (Å²) in [6.45, 7) is 2.41. The zero-order valence-corrected chi connectivity index (χ0v) is 14.4. The Labute approximate surface area is 145 Å². The fourth-order valence-corrected chi connectivity index (χ4v) is 2.32. The summed E-state index contributed by atoms with van der Waals surface area (Å²) in [7, 11) is 1.80. The highest BCUT2D eigenvalue weighted by Gasteiger charge is 2.11. The van der Waals surface area contributed by atoms with Gasteiger partial charge in [-0.2, -0.15) is 0 Å². The number of anilines is 1. The topological polar surface area (TPSA) is 74.6 Å². The summed E-state index contributed by atoms with van der Waals surface area (Å²) in [6.07, 6.45) is 1.59. The number of benzene rings is 1. The molecule has 0 aliphatic heterocycles. The van der Waals surface area contributed by atoms with Gasteiger partial charge in [-0.25, -0.2) is 0 Å². The summed E-state index contributed by atoms with van der Waals surface area (Å²) in [4.78, 5) is 25.6. The lowest BCUT2D eigenvalue weighted by Gasteiger charge is -2.15. The summed E-state index contributed by atoms with van der Waals surface area (Å²) >= 11 is 6.01. The lowest BCUT2D eigenvalue weighted by Crippen LogP contribution is -2.39. The molecule has 0 radical (unpaired) electrons. The number of rotatable bonds is 7. The molecule has 0 saturated carbocycles. The maximum atomic E-state index is 11.9. The number of hydrogen-bond donors (Lipinski definition) is 2. The lowest BCUT2D eigenvalue weighted by molar-refractivity contribution is -0.124. The average Bonchev–Trinajstić information content (AvgIpc) is 3.02. The molecule has 0 unspecified atom stereocenters. The van der Waals surface area contributed by atoms with Crippen LogP contribution in [0.25, 0.3) is 0 Å². The van der Waals surface area contributed by atoms with Gasteiger partial charge in [0.15, 0.2) is 0 Å². The monoisotopic (exact) mass is 349 g/mol. The van der Waals surface area contributed by atoms with E-state index in [0.717, 1.165) is 11.3 Å². The fourth-order valence-electron chi connectivity index (χ4n) is 2.14. The van der Waals surface area contributed by atoms with Crippen LogP contribution in [0.5, 0.6) is 0 Å². The van der Waals surface area contributed by atoms with Crippen molar-refractivity contribution in [3.05, 3.63) is 52.9 Å². The predicted molar refractivity (Wildman–Crippen MR) is 92.9 cm³/mol. The predicted octanol–water partition coefficient (Wildman–Crippen LogP) is 2.43. The molecule has 128 valence electrons. The summed E-state index contributed by atoms with van der Waals surface area (Å²) < 4.78 is 5.22. The van der Waals surface area contributed by atoms with Gasteiger partial charge >= 0.3 is 0 Å². The second-order valence-electron chi connectivity index (χ2n) is 5.49. The number of likely N-dealkylation sites (N-methyl/N-ethyl adjacent to an activating group) is 1. The van der Waals surface area contributed by atoms with Crippen LogP contribution in [0.1, 0.15) is 11.3 Å². The van der Waals surface area contributed by atoms with Crippen molar-refractivity contribution in [2.75, 3.05) is 25.5 Å². The number of carbonyl (C=O) groups is 2. The van der Waals surface area contributed by atoms with Crippen LogP contribution in [0.15, 0.2) is 41.0 Å². The van der Waals surface area contributed by atoms with Crippen LogP contribution in [-0.4, -0.2) is 36.9 Å². The molecule has 2 N–H and O–H groups in total. The largest absolute Gasteiger partial charge is 0.468 e. The van der Waals surface area contributed by atoms with Crippen LogP contribution >= 0.6 is 11.6 Å². The third kappa shape index (κ3) is 5.40. The van der Waals surface area contributed by atoms with E-state index in [1.165, 1.54) is 0 Å². The Morgan fingerprint density at radius 1 is 1.21 bits per heavy atom. The average molecular weight is 350 g/mol. The highest BCUT2D eigenvalue weighted by molar-refractivity contribution is 6.31. The van der Waals surface area contributed by atoms with Crippen LogP contribution in [0.3, 0.4) is 0 Å². The van der Waals surface area contributed by atoms with Gasteiger partial charge in [-0.3, -0.25) is 14.5 Å². The second-order valence-corrected chi connectivity index (χ2v) is 5.90. The summed E-state index contributed by atoms with van der Waals surface area (Å²) in [5.41, 5.74) is 1.42. The standard InChI is InChI=1S/C17H20ClN3O3/c1-12-14(18)6-3-7-15(12)20-16(22)9-19-17(23)11-21(2)10-13-5-4-8-24-13/h3-8H,9-11H2,1-2H3,(H,19,23)(H,20,22). The lowest BCUT2D eigenvalue weighted by atomic mass is 10.2. The highest BCUT2D eigenvalue weighted by Crippen LogP contribution is 2.22. The fraction of sp³-hybridized carbons (Fsp3) is 0.294. The summed E-state index contributed by atoms with van der Waals surface area (Å²) in [6, 6.07) is 8.91. The van der Waals surface area contributed by atoms with E-state index in [1.54, 1.807) is 42.5 Å². The molecule has 0 aliphatic carbocycles. The Balaban J connectivity index is 1.74. The van der Waals surface area contributed by atoms with Crippen molar-refractivity contribution < 1.29 is 14.0 Å². The van der Waals surface area contributed by atoms with Crippen molar-refractivity contribution in [1.29, 1.82) is 0 Å². The Kier molecular flexibility index (Phi) is 6.40. The van der Waals surface area contributed by atoms with E-state index in [4.69, 9.17) is 16.0 Å². The molecule has 24 heavy (non-hydrogen) atoms. The summed E-state index contributed by atoms with van der Waals surface area (Å²) in [5.74, 6) is 0.240. The number of amides is 2.